The van der Waals surface area contributed by atoms with Crippen LogP contribution in [0.1, 0.15) is 165 Å². The Morgan fingerprint density at radius 3 is 0.500 bits per heavy atom. The van der Waals surface area contributed by atoms with Crippen molar-refractivity contribution in [3.05, 3.63) is 277 Å². The van der Waals surface area contributed by atoms with E-state index in [1.807, 2.05) is 13.8 Å². The molecule has 0 atom stereocenters. The van der Waals surface area contributed by atoms with Gasteiger partial charge in [-0.2, -0.15) is 43.7 Å². The van der Waals surface area contributed by atoms with Gasteiger partial charge in [0.25, 0.3) is 0 Å². The Morgan fingerprint density at radius 1 is 0.255 bits per heavy atom. The van der Waals surface area contributed by atoms with E-state index in [1.54, 1.807) is 0 Å². The molecule has 0 bridgehead atoms. The summed E-state index contributed by atoms with van der Waals surface area (Å²) in [5.41, 5.74) is 24.2. The van der Waals surface area contributed by atoms with Crippen molar-refractivity contribution < 1.29 is 52.4 Å². The molecule has 1 aromatic heterocycles. The number of hydrogen-bond donors (Lipinski definition) is 0. The van der Waals surface area contributed by atoms with Crippen molar-refractivity contribution in [3.63, 3.8) is 0 Å². The minimum atomic E-state index is -1.38. The van der Waals surface area contributed by atoms with Crippen molar-refractivity contribution >= 4 is 83.3 Å². The van der Waals surface area contributed by atoms with Crippen LogP contribution in [0.3, 0.4) is 0 Å². The zero-order valence-electron chi connectivity index (χ0n) is 59.3. The molecule has 0 radical (unpaired) electrons. The Balaban J connectivity index is 0.000000219. The van der Waals surface area contributed by atoms with E-state index in [2.05, 4.69) is 307 Å². The molecule has 94 heavy (non-hydrogen) atoms. The summed E-state index contributed by atoms with van der Waals surface area (Å²) < 4.78 is 0. The summed E-state index contributed by atoms with van der Waals surface area (Å²) in [6.07, 6.45) is 27.6. The molecule has 2 nitrogen and oxygen atoms in total. The van der Waals surface area contributed by atoms with Gasteiger partial charge in [0.15, 0.2) is 0 Å². The van der Waals surface area contributed by atoms with Gasteiger partial charge >= 0.3 is 52.4 Å². The molecular formula is C86H110B2N2Si2Zr2. The van der Waals surface area contributed by atoms with Crippen LogP contribution in [0.25, 0.3) is 11.1 Å². The van der Waals surface area contributed by atoms with Gasteiger partial charge in [-0.15, -0.1) is 0 Å². The van der Waals surface area contributed by atoms with Crippen LogP contribution in [-0.4, -0.2) is 38.4 Å². The maximum absolute atomic E-state index is 4.82. The van der Waals surface area contributed by atoms with Gasteiger partial charge < -0.3 is 9.97 Å². The normalized spacial score (nSPS) is 14.4. The molecule has 4 saturated carbocycles. The minimum absolute atomic E-state index is 0. The summed E-state index contributed by atoms with van der Waals surface area (Å²) >= 11 is 0. The van der Waals surface area contributed by atoms with Crippen LogP contribution in [0.15, 0.2) is 243 Å². The molecule has 8 heteroatoms. The van der Waals surface area contributed by atoms with E-state index in [0.29, 0.717) is 0 Å². The molecule has 0 amide bonds. The van der Waals surface area contributed by atoms with Crippen LogP contribution < -0.4 is 43.7 Å². The van der Waals surface area contributed by atoms with Gasteiger partial charge in [-0.1, -0.05) is 436 Å². The summed E-state index contributed by atoms with van der Waals surface area (Å²) in [4.78, 5) is 9.65. The number of hydrogen-bond acceptors (Lipinski definition) is 2. The maximum atomic E-state index is 4.82. The van der Waals surface area contributed by atoms with E-state index in [1.165, 1.54) is 172 Å². The summed E-state index contributed by atoms with van der Waals surface area (Å²) in [6, 6.07) is 87.1. The van der Waals surface area contributed by atoms with Gasteiger partial charge in [0.1, 0.15) is 12.3 Å². The summed E-state index contributed by atoms with van der Waals surface area (Å²) in [6.45, 7) is 22.0. The second-order valence-corrected chi connectivity index (χ2v) is 37.7. The zero-order valence-corrected chi connectivity index (χ0v) is 66.2. The quantitative estimate of drug-likeness (QED) is 0.0900. The van der Waals surface area contributed by atoms with Gasteiger partial charge in [-0.05, 0) is 41.4 Å². The van der Waals surface area contributed by atoms with Crippen LogP contribution in [0.5, 0.6) is 0 Å². The standard InChI is InChI=1S/2C24H20B.C18H30N2Si2.4C5H10.2Zr/c2*1-5-13-21(14-6-1)25(22-15-7-2-8-16-22,23-17-9-3-10-18-23)24-19-11-4-12-20-24;1-13(11-21(5,6)7)17-15(3)20-18(16(4)19-17)14(2)12-22(8,9)10;4*1-2-4-5-3-1;;/h2*1-20H;1-10H3;4*1-5H2;;/q2*-1;-2;;;;;2*+2. The molecule has 0 aliphatic heterocycles. The molecule has 13 rings (SSSR count). The van der Waals surface area contributed by atoms with Crippen LogP contribution >= 0.6 is 0 Å². The number of rotatable bonds is 12. The largest absolute Gasteiger partial charge is 2.00 e. The van der Waals surface area contributed by atoms with Crippen LogP contribution in [-0.2, 0) is 52.4 Å². The Morgan fingerprint density at radius 2 is 0.383 bits per heavy atom. The van der Waals surface area contributed by atoms with Crippen molar-refractivity contribution in [3.8, 4) is 0 Å². The predicted octanol–water partition coefficient (Wildman–Crippen LogP) is 19.2. The summed E-state index contributed by atoms with van der Waals surface area (Å²) in [5.74, 6) is 0. The zero-order chi connectivity index (χ0) is 65.3. The third kappa shape index (κ3) is 24.6. The van der Waals surface area contributed by atoms with E-state index >= 15 is 0 Å². The van der Waals surface area contributed by atoms with Gasteiger partial charge in [0, 0.05) is 0 Å². The van der Waals surface area contributed by atoms with Crippen molar-refractivity contribution in [2.45, 2.75) is 195 Å². The first kappa shape index (κ1) is 79.3. The fraction of sp³-hybridized carbons (Fsp3) is 0.349. The summed E-state index contributed by atoms with van der Waals surface area (Å²) in [5, 5.41) is 0. The van der Waals surface area contributed by atoms with Crippen molar-refractivity contribution in [2.24, 2.45) is 0 Å². The molecule has 486 valence electrons. The minimum Gasteiger partial charge on any atom is -0.363 e. The van der Waals surface area contributed by atoms with E-state index in [9.17, 15) is 0 Å². The van der Waals surface area contributed by atoms with Crippen molar-refractivity contribution in [2.75, 3.05) is 0 Å². The van der Waals surface area contributed by atoms with Gasteiger partial charge in [0.2, 0.25) is 0 Å². The number of allylic oxidation sites excluding steroid dienone is 2. The maximum Gasteiger partial charge on any atom is 2.00 e. The van der Waals surface area contributed by atoms with E-state index in [4.69, 9.17) is 9.97 Å². The van der Waals surface area contributed by atoms with Gasteiger partial charge in [-0.3, -0.25) is 11.4 Å². The van der Waals surface area contributed by atoms with Crippen molar-refractivity contribution in [1.82, 2.24) is 9.97 Å². The molecule has 4 fully saturated rings. The number of nitrogens with zero attached hydrogens (tertiary/aromatic N) is 2. The topological polar surface area (TPSA) is 25.8 Å². The third-order valence-corrected chi connectivity index (χ3v) is 20.7. The van der Waals surface area contributed by atoms with Gasteiger partial charge in [0.05, 0.1) is 0 Å². The van der Waals surface area contributed by atoms with Gasteiger partial charge in [-0.25, -0.2) is 11.1 Å². The Hall–Kier alpha value is -5.35. The molecule has 0 spiro atoms. The van der Waals surface area contributed by atoms with Crippen LogP contribution in [0.2, 0.25) is 39.3 Å². The first-order valence-electron chi connectivity index (χ1n) is 35.5. The van der Waals surface area contributed by atoms with Crippen LogP contribution in [0, 0.1) is 25.2 Å². The van der Waals surface area contributed by atoms with E-state index < -0.39 is 28.4 Å². The average Bonchev–Trinajstić information content (AvgIpc) is 0.813. The summed E-state index contributed by atoms with van der Waals surface area (Å²) in [7, 11) is -2.75. The number of aromatic nitrogens is 2. The smallest absolute Gasteiger partial charge is 0.363 e. The molecule has 0 N–H and O–H groups in total. The molecule has 0 unspecified atom stereocenters. The fourth-order valence-electron chi connectivity index (χ4n) is 14.3. The Kier molecular flexibility index (Phi) is 35.7. The van der Waals surface area contributed by atoms with E-state index in [-0.39, 0.29) is 52.4 Å². The first-order valence-corrected chi connectivity index (χ1v) is 42.5. The molecule has 4 aliphatic carbocycles. The second-order valence-electron chi connectivity index (χ2n) is 28.2. The predicted molar refractivity (Wildman–Crippen MR) is 415 cm³/mol. The fourth-order valence-corrected chi connectivity index (χ4v) is 16.8. The molecule has 1 heterocycles. The molecule has 0 saturated heterocycles. The van der Waals surface area contributed by atoms with E-state index in [0.717, 1.165) is 33.9 Å². The third-order valence-electron chi connectivity index (χ3n) is 18.5. The molecule has 8 aromatic carbocycles. The Labute approximate surface area is 612 Å². The average molecular weight is 1430 g/mol. The molecule has 9 aromatic rings. The number of benzene rings is 8. The molecule has 4 aliphatic rings. The second kappa shape index (κ2) is 42.4. The Bertz CT molecular complexity index is 2890. The number of aryl methyl sites for hydroxylation is 2. The SMILES string of the molecule is C1CCCC1.C1CCCC1.C1CCCC1.C1CCCC1.CC(=[C-][Si](C)(C)C)c1nc(C)c(C(C)=[C-][Si](C)(C)C)nc1C.[Zr+2].[Zr+2].c1ccc([B-](c2ccccc2)(c2ccccc2)c2ccccc2)cc1.c1ccc([B-](c2ccccc2)(c2ccccc2)c2ccccc2)cc1. The van der Waals surface area contributed by atoms with Crippen LogP contribution in [0.4, 0.5) is 0 Å². The van der Waals surface area contributed by atoms with Crippen molar-refractivity contribution in [1.29, 1.82) is 0 Å². The molecular weight excluding hydrogens is 1320 g/mol. The first-order chi connectivity index (χ1) is 44.6. The monoisotopic (exact) mass is 1430 g/mol.